The summed E-state index contributed by atoms with van der Waals surface area (Å²) >= 11 is 0. The van der Waals surface area contributed by atoms with E-state index in [9.17, 15) is 0 Å². The Bertz CT molecular complexity index is 242. The van der Waals surface area contributed by atoms with Gasteiger partial charge in [0.05, 0.1) is 13.2 Å². The van der Waals surface area contributed by atoms with Gasteiger partial charge in [-0.25, -0.2) is 0 Å². The Morgan fingerprint density at radius 1 is 1.47 bits per heavy atom. The van der Waals surface area contributed by atoms with Crippen molar-refractivity contribution >= 4 is 5.84 Å². The summed E-state index contributed by atoms with van der Waals surface area (Å²) in [7, 11) is 0. The smallest absolute Gasteiger partial charge is 0.143 e. The molecule has 0 bridgehead atoms. The molecule has 2 unspecified atom stereocenters. The highest BCUT2D eigenvalue weighted by atomic mass is 16.5. The van der Waals surface area contributed by atoms with Crippen LogP contribution in [0.2, 0.25) is 0 Å². The second-order valence-corrected chi connectivity index (χ2v) is 4.65. The normalized spacial score (nSPS) is 22.4. The molecule has 0 amide bonds. The predicted molar refractivity (Wildman–Crippen MR) is 67.3 cm³/mol. The molecule has 2 atom stereocenters. The van der Waals surface area contributed by atoms with Crippen LogP contribution in [-0.2, 0) is 4.74 Å². The maximum Gasteiger partial charge on any atom is 0.143 e. The van der Waals surface area contributed by atoms with E-state index in [1.807, 2.05) is 6.92 Å². The number of amidine groups is 1. The van der Waals surface area contributed by atoms with Crippen molar-refractivity contribution in [1.82, 2.24) is 10.2 Å². The van der Waals surface area contributed by atoms with Gasteiger partial charge in [0.15, 0.2) is 0 Å². The summed E-state index contributed by atoms with van der Waals surface area (Å²) < 4.78 is 5.30. The van der Waals surface area contributed by atoms with Crippen molar-refractivity contribution in [3.63, 3.8) is 0 Å². The van der Waals surface area contributed by atoms with Crippen LogP contribution in [0.4, 0.5) is 0 Å². The standard InChI is InChI=1S/C11H24N4O2/c1-9(11(12)14-16)7-13-10(2)8-15-3-5-17-6-4-15/h9-10,13,16H,3-8H2,1-2H3,(H2,12,14). The predicted octanol–water partition coefficient (Wildman–Crippen LogP) is -0.321. The van der Waals surface area contributed by atoms with Crippen molar-refractivity contribution in [3.05, 3.63) is 0 Å². The molecule has 0 aromatic carbocycles. The van der Waals surface area contributed by atoms with Crippen molar-refractivity contribution in [2.24, 2.45) is 16.8 Å². The van der Waals surface area contributed by atoms with Crippen LogP contribution in [0.25, 0.3) is 0 Å². The molecule has 4 N–H and O–H groups in total. The SMILES string of the molecule is CC(CN1CCOCC1)NCC(C)C(N)=NO. The third kappa shape index (κ3) is 5.34. The number of nitrogens with zero attached hydrogens (tertiary/aromatic N) is 2. The van der Waals surface area contributed by atoms with Crippen LogP contribution in [0.5, 0.6) is 0 Å². The number of nitrogens with two attached hydrogens (primary N) is 1. The van der Waals surface area contributed by atoms with E-state index in [1.165, 1.54) is 0 Å². The minimum atomic E-state index is 0.0483. The van der Waals surface area contributed by atoms with Crippen molar-refractivity contribution in [2.75, 3.05) is 39.4 Å². The lowest BCUT2D eigenvalue weighted by Crippen LogP contribution is -2.46. The molecule has 0 aromatic heterocycles. The van der Waals surface area contributed by atoms with Crippen LogP contribution in [0.3, 0.4) is 0 Å². The number of oxime groups is 1. The van der Waals surface area contributed by atoms with Crippen LogP contribution in [0.1, 0.15) is 13.8 Å². The molecule has 1 rings (SSSR count). The van der Waals surface area contributed by atoms with Gasteiger partial charge in [0.25, 0.3) is 0 Å². The molecular weight excluding hydrogens is 220 g/mol. The van der Waals surface area contributed by atoms with E-state index in [4.69, 9.17) is 15.7 Å². The van der Waals surface area contributed by atoms with E-state index in [-0.39, 0.29) is 11.8 Å². The third-order valence-electron chi connectivity index (χ3n) is 3.03. The number of nitrogens with one attached hydrogen (secondary N) is 1. The summed E-state index contributed by atoms with van der Waals surface area (Å²) in [5.74, 6) is 0.322. The highest BCUT2D eigenvalue weighted by molar-refractivity contribution is 5.82. The van der Waals surface area contributed by atoms with Gasteiger partial charge in [0.2, 0.25) is 0 Å². The lowest BCUT2D eigenvalue weighted by Gasteiger charge is -2.29. The molecule has 0 saturated carbocycles. The topological polar surface area (TPSA) is 83.1 Å². The lowest BCUT2D eigenvalue weighted by molar-refractivity contribution is 0.0343. The quantitative estimate of drug-likeness (QED) is 0.258. The van der Waals surface area contributed by atoms with Crippen molar-refractivity contribution in [3.8, 4) is 0 Å². The molecule has 0 aliphatic carbocycles. The first-order valence-corrected chi connectivity index (χ1v) is 6.14. The zero-order valence-corrected chi connectivity index (χ0v) is 10.7. The Labute approximate surface area is 103 Å². The summed E-state index contributed by atoms with van der Waals surface area (Å²) in [5, 5.41) is 14.9. The summed E-state index contributed by atoms with van der Waals surface area (Å²) in [6, 6.07) is 0.391. The minimum absolute atomic E-state index is 0.0483. The van der Waals surface area contributed by atoms with Gasteiger partial charge in [0, 0.05) is 38.1 Å². The molecule has 17 heavy (non-hydrogen) atoms. The first-order valence-electron chi connectivity index (χ1n) is 6.14. The molecule has 1 saturated heterocycles. The highest BCUT2D eigenvalue weighted by Gasteiger charge is 2.14. The molecule has 0 radical (unpaired) electrons. The molecule has 100 valence electrons. The largest absolute Gasteiger partial charge is 0.409 e. The van der Waals surface area contributed by atoms with Crippen molar-refractivity contribution in [1.29, 1.82) is 0 Å². The summed E-state index contributed by atoms with van der Waals surface area (Å²) in [4.78, 5) is 2.38. The van der Waals surface area contributed by atoms with E-state index in [0.717, 1.165) is 39.4 Å². The summed E-state index contributed by atoms with van der Waals surface area (Å²) in [6.07, 6.45) is 0. The Morgan fingerprint density at radius 2 is 2.12 bits per heavy atom. The third-order valence-corrected chi connectivity index (χ3v) is 3.03. The van der Waals surface area contributed by atoms with E-state index in [2.05, 4.69) is 22.3 Å². The maximum atomic E-state index is 8.54. The maximum absolute atomic E-state index is 8.54. The Balaban J connectivity index is 2.18. The van der Waals surface area contributed by atoms with E-state index in [1.54, 1.807) is 0 Å². The second kappa shape index (κ2) is 7.47. The van der Waals surface area contributed by atoms with Crippen LogP contribution in [0.15, 0.2) is 5.16 Å². The van der Waals surface area contributed by atoms with E-state index < -0.39 is 0 Å². The van der Waals surface area contributed by atoms with Gasteiger partial charge in [-0.1, -0.05) is 12.1 Å². The number of rotatable bonds is 6. The fraction of sp³-hybridized carbons (Fsp3) is 0.909. The summed E-state index contributed by atoms with van der Waals surface area (Å²) in [5.41, 5.74) is 5.52. The fourth-order valence-corrected chi connectivity index (χ4v) is 1.82. The van der Waals surface area contributed by atoms with E-state index in [0.29, 0.717) is 6.04 Å². The molecular formula is C11H24N4O2. The van der Waals surface area contributed by atoms with Gasteiger partial charge >= 0.3 is 0 Å². The average Bonchev–Trinajstić information content (AvgIpc) is 2.36. The Morgan fingerprint density at radius 3 is 2.71 bits per heavy atom. The van der Waals surface area contributed by atoms with Crippen LogP contribution < -0.4 is 11.1 Å². The number of hydrogen-bond acceptors (Lipinski definition) is 5. The number of ether oxygens (including phenoxy) is 1. The van der Waals surface area contributed by atoms with Gasteiger partial charge in [0.1, 0.15) is 5.84 Å². The van der Waals surface area contributed by atoms with Gasteiger partial charge in [-0.2, -0.15) is 0 Å². The van der Waals surface area contributed by atoms with Crippen LogP contribution in [0, 0.1) is 5.92 Å². The monoisotopic (exact) mass is 244 g/mol. The molecule has 6 nitrogen and oxygen atoms in total. The zero-order valence-electron chi connectivity index (χ0n) is 10.7. The van der Waals surface area contributed by atoms with Gasteiger partial charge in [-0.3, -0.25) is 4.90 Å². The van der Waals surface area contributed by atoms with Crippen LogP contribution >= 0.6 is 0 Å². The number of hydrogen-bond donors (Lipinski definition) is 3. The Hall–Kier alpha value is -0.850. The molecule has 1 heterocycles. The van der Waals surface area contributed by atoms with Crippen LogP contribution in [-0.4, -0.2) is 61.4 Å². The highest BCUT2D eigenvalue weighted by Crippen LogP contribution is 1.99. The lowest BCUT2D eigenvalue weighted by atomic mass is 10.1. The van der Waals surface area contributed by atoms with Crippen molar-refractivity contribution < 1.29 is 9.94 Å². The molecule has 1 aliphatic heterocycles. The average molecular weight is 244 g/mol. The molecule has 6 heteroatoms. The van der Waals surface area contributed by atoms with Gasteiger partial charge in [-0.05, 0) is 6.92 Å². The zero-order chi connectivity index (χ0) is 12.7. The fourth-order valence-electron chi connectivity index (χ4n) is 1.82. The minimum Gasteiger partial charge on any atom is -0.409 e. The molecule has 0 aromatic rings. The second-order valence-electron chi connectivity index (χ2n) is 4.65. The summed E-state index contributed by atoms with van der Waals surface area (Å²) in [6.45, 7) is 9.47. The van der Waals surface area contributed by atoms with Crippen molar-refractivity contribution in [2.45, 2.75) is 19.9 Å². The molecule has 1 fully saturated rings. The number of morpholine rings is 1. The van der Waals surface area contributed by atoms with Gasteiger partial charge in [-0.15, -0.1) is 0 Å². The molecule has 0 spiro atoms. The van der Waals surface area contributed by atoms with E-state index >= 15 is 0 Å². The first kappa shape index (κ1) is 14.2. The Kier molecular flexibility index (Phi) is 6.25. The first-order chi connectivity index (χ1) is 8.13. The van der Waals surface area contributed by atoms with Gasteiger partial charge < -0.3 is 21.0 Å². The molecule has 1 aliphatic rings.